The van der Waals surface area contributed by atoms with Crippen molar-refractivity contribution in [3.8, 4) is 5.69 Å². The first kappa shape index (κ1) is 13.4. The maximum absolute atomic E-state index is 4.41. The lowest BCUT2D eigenvalue weighted by Crippen LogP contribution is -1.95. The van der Waals surface area contributed by atoms with E-state index in [9.17, 15) is 0 Å². The van der Waals surface area contributed by atoms with Crippen LogP contribution in [-0.4, -0.2) is 14.5 Å². The van der Waals surface area contributed by atoms with Gasteiger partial charge < -0.3 is 0 Å². The van der Waals surface area contributed by atoms with Gasteiger partial charge in [-0.3, -0.25) is 9.55 Å². The van der Waals surface area contributed by atoms with Crippen molar-refractivity contribution in [1.29, 1.82) is 0 Å². The standard InChI is InChI=1S/C15H12BrN3S/c16-13-5-3-12(4-6-13)11-20-15-18-8-9-19(15)14-2-1-7-17-10-14/h1-10H,11H2. The summed E-state index contributed by atoms with van der Waals surface area (Å²) in [4.78, 5) is 8.56. The van der Waals surface area contributed by atoms with Crippen molar-refractivity contribution >= 4 is 27.7 Å². The van der Waals surface area contributed by atoms with Crippen LogP contribution >= 0.6 is 27.7 Å². The predicted molar refractivity (Wildman–Crippen MR) is 85.1 cm³/mol. The Hall–Kier alpha value is -1.59. The van der Waals surface area contributed by atoms with Gasteiger partial charge in [0.05, 0.1) is 11.9 Å². The van der Waals surface area contributed by atoms with Gasteiger partial charge in [-0.1, -0.05) is 39.8 Å². The summed E-state index contributed by atoms with van der Waals surface area (Å²) in [6, 6.07) is 12.3. The molecule has 0 bridgehead atoms. The highest BCUT2D eigenvalue weighted by Crippen LogP contribution is 2.24. The van der Waals surface area contributed by atoms with E-state index < -0.39 is 0 Å². The molecule has 0 saturated heterocycles. The summed E-state index contributed by atoms with van der Waals surface area (Å²) >= 11 is 5.16. The monoisotopic (exact) mass is 345 g/mol. The van der Waals surface area contributed by atoms with E-state index in [0.29, 0.717) is 0 Å². The van der Waals surface area contributed by atoms with Crippen LogP contribution in [0.1, 0.15) is 5.56 Å². The largest absolute Gasteiger partial charge is 0.293 e. The van der Waals surface area contributed by atoms with E-state index in [2.05, 4.69) is 54.7 Å². The zero-order valence-electron chi connectivity index (χ0n) is 10.6. The summed E-state index contributed by atoms with van der Waals surface area (Å²) in [6.07, 6.45) is 7.39. The molecule has 0 aliphatic heterocycles. The van der Waals surface area contributed by atoms with Crippen LogP contribution in [0.2, 0.25) is 0 Å². The number of hydrogen-bond acceptors (Lipinski definition) is 3. The van der Waals surface area contributed by atoms with E-state index in [1.54, 1.807) is 18.0 Å². The second kappa shape index (κ2) is 6.24. The lowest BCUT2D eigenvalue weighted by molar-refractivity contribution is 0.888. The third-order valence-electron chi connectivity index (χ3n) is 2.81. The summed E-state index contributed by atoms with van der Waals surface area (Å²) < 4.78 is 3.15. The third-order valence-corrected chi connectivity index (χ3v) is 4.38. The summed E-state index contributed by atoms with van der Waals surface area (Å²) in [5.74, 6) is 0.893. The Morgan fingerprint density at radius 1 is 1.10 bits per heavy atom. The van der Waals surface area contributed by atoms with Crippen molar-refractivity contribution in [2.75, 3.05) is 0 Å². The van der Waals surface area contributed by atoms with Gasteiger partial charge in [0, 0.05) is 28.8 Å². The molecule has 2 heterocycles. The second-order valence-corrected chi connectivity index (χ2v) is 6.06. The zero-order valence-corrected chi connectivity index (χ0v) is 13.0. The smallest absolute Gasteiger partial charge is 0.172 e. The molecule has 0 unspecified atom stereocenters. The Bertz CT molecular complexity index is 680. The molecule has 0 fully saturated rings. The molecule has 0 N–H and O–H groups in total. The van der Waals surface area contributed by atoms with E-state index in [0.717, 1.165) is 21.1 Å². The number of pyridine rings is 1. The Kier molecular flexibility index (Phi) is 4.18. The van der Waals surface area contributed by atoms with Gasteiger partial charge in [-0.2, -0.15) is 0 Å². The highest BCUT2D eigenvalue weighted by Gasteiger charge is 2.06. The number of halogens is 1. The van der Waals surface area contributed by atoms with E-state index in [4.69, 9.17) is 0 Å². The Balaban J connectivity index is 1.76. The molecule has 5 heteroatoms. The number of nitrogens with zero attached hydrogens (tertiary/aromatic N) is 3. The molecule has 1 aromatic carbocycles. The van der Waals surface area contributed by atoms with Gasteiger partial charge in [-0.25, -0.2) is 4.98 Å². The third kappa shape index (κ3) is 3.11. The Morgan fingerprint density at radius 3 is 2.70 bits per heavy atom. The maximum Gasteiger partial charge on any atom is 0.172 e. The van der Waals surface area contributed by atoms with Crippen LogP contribution in [0.25, 0.3) is 5.69 Å². The lowest BCUT2D eigenvalue weighted by atomic mass is 10.2. The molecule has 2 aromatic heterocycles. The highest BCUT2D eigenvalue weighted by molar-refractivity contribution is 9.10. The zero-order chi connectivity index (χ0) is 13.8. The number of rotatable bonds is 4. The first-order valence-electron chi connectivity index (χ1n) is 6.14. The van der Waals surface area contributed by atoms with Crippen LogP contribution in [0.5, 0.6) is 0 Å². The van der Waals surface area contributed by atoms with Crippen molar-refractivity contribution < 1.29 is 0 Å². The van der Waals surface area contributed by atoms with Crippen LogP contribution in [0.4, 0.5) is 0 Å². The molecular weight excluding hydrogens is 334 g/mol. The van der Waals surface area contributed by atoms with Crippen molar-refractivity contribution in [2.24, 2.45) is 0 Å². The molecule has 3 rings (SSSR count). The SMILES string of the molecule is Brc1ccc(CSc2nccn2-c2cccnc2)cc1. The van der Waals surface area contributed by atoms with Gasteiger partial charge in [0.2, 0.25) is 0 Å². The predicted octanol–water partition coefficient (Wildman–Crippen LogP) is 4.32. The fourth-order valence-electron chi connectivity index (χ4n) is 1.82. The van der Waals surface area contributed by atoms with Crippen LogP contribution in [-0.2, 0) is 5.75 Å². The Labute approximate surface area is 130 Å². The number of thioether (sulfide) groups is 1. The van der Waals surface area contributed by atoms with Gasteiger partial charge in [0.1, 0.15) is 0 Å². The van der Waals surface area contributed by atoms with E-state index in [1.165, 1.54) is 5.56 Å². The first-order chi connectivity index (χ1) is 9.83. The van der Waals surface area contributed by atoms with E-state index in [-0.39, 0.29) is 0 Å². The van der Waals surface area contributed by atoms with Crippen molar-refractivity contribution in [3.05, 3.63) is 71.2 Å². The maximum atomic E-state index is 4.41. The van der Waals surface area contributed by atoms with Gasteiger partial charge in [0.15, 0.2) is 5.16 Å². The van der Waals surface area contributed by atoms with Gasteiger partial charge in [-0.15, -0.1) is 0 Å². The summed E-state index contributed by atoms with van der Waals surface area (Å²) in [7, 11) is 0. The fourth-order valence-corrected chi connectivity index (χ4v) is 3.01. The molecule has 0 aliphatic carbocycles. The Morgan fingerprint density at radius 2 is 1.95 bits per heavy atom. The minimum Gasteiger partial charge on any atom is -0.293 e. The van der Waals surface area contributed by atoms with Crippen molar-refractivity contribution in [3.63, 3.8) is 0 Å². The topological polar surface area (TPSA) is 30.7 Å². The minimum atomic E-state index is 0.893. The highest BCUT2D eigenvalue weighted by atomic mass is 79.9. The number of benzene rings is 1. The minimum absolute atomic E-state index is 0.893. The van der Waals surface area contributed by atoms with Crippen LogP contribution in [0.15, 0.2) is 70.8 Å². The summed E-state index contributed by atoms with van der Waals surface area (Å²) in [5, 5.41) is 0.973. The second-order valence-electron chi connectivity index (χ2n) is 4.21. The van der Waals surface area contributed by atoms with Crippen molar-refractivity contribution in [2.45, 2.75) is 10.9 Å². The fraction of sp³-hybridized carbons (Fsp3) is 0.0667. The van der Waals surface area contributed by atoms with Crippen LogP contribution < -0.4 is 0 Å². The molecule has 3 nitrogen and oxygen atoms in total. The summed E-state index contributed by atoms with van der Waals surface area (Å²) in [5.41, 5.74) is 2.31. The van der Waals surface area contributed by atoms with Crippen molar-refractivity contribution in [1.82, 2.24) is 14.5 Å². The molecule has 0 amide bonds. The van der Waals surface area contributed by atoms with Crippen LogP contribution in [0, 0.1) is 0 Å². The molecule has 0 saturated carbocycles. The molecule has 0 radical (unpaired) electrons. The molecule has 0 atom stereocenters. The molecule has 100 valence electrons. The average molecular weight is 346 g/mol. The molecule has 3 aromatic rings. The van der Waals surface area contributed by atoms with Crippen LogP contribution in [0.3, 0.4) is 0 Å². The number of hydrogen-bond donors (Lipinski definition) is 0. The molecular formula is C15H12BrN3S. The first-order valence-corrected chi connectivity index (χ1v) is 7.92. The molecule has 0 spiro atoms. The number of aromatic nitrogens is 3. The summed E-state index contributed by atoms with van der Waals surface area (Å²) in [6.45, 7) is 0. The van der Waals surface area contributed by atoms with E-state index in [1.807, 2.05) is 30.7 Å². The van der Waals surface area contributed by atoms with E-state index >= 15 is 0 Å². The average Bonchev–Trinajstić information content (AvgIpc) is 2.96. The molecule has 20 heavy (non-hydrogen) atoms. The lowest BCUT2D eigenvalue weighted by Gasteiger charge is -2.06. The van der Waals surface area contributed by atoms with Gasteiger partial charge >= 0.3 is 0 Å². The van der Waals surface area contributed by atoms with Gasteiger partial charge in [0.25, 0.3) is 0 Å². The quantitative estimate of drug-likeness (QED) is 0.659. The molecule has 0 aliphatic rings. The van der Waals surface area contributed by atoms with Gasteiger partial charge in [-0.05, 0) is 29.8 Å². The number of imidazole rings is 1. The normalized spacial score (nSPS) is 10.7.